The maximum Gasteiger partial charge on any atom is 0.0462 e. The van der Waals surface area contributed by atoms with Crippen molar-refractivity contribution in [1.82, 2.24) is 0 Å². The van der Waals surface area contributed by atoms with Crippen molar-refractivity contribution in [3.05, 3.63) is 0 Å². The largest absolute Gasteiger partial charge is 0.385 e. The van der Waals surface area contributed by atoms with Crippen molar-refractivity contribution in [1.29, 1.82) is 0 Å². The predicted molar refractivity (Wildman–Crippen MR) is 51.0 cm³/mol. The van der Waals surface area contributed by atoms with Gasteiger partial charge in [-0.15, -0.1) is 0 Å². The summed E-state index contributed by atoms with van der Waals surface area (Å²) in [6.07, 6.45) is 5.16. The first-order valence-electron chi connectivity index (χ1n) is 4.92. The van der Waals surface area contributed by atoms with Crippen LogP contribution in [-0.4, -0.2) is 20.3 Å². The highest BCUT2D eigenvalue weighted by molar-refractivity contribution is 4.91. The van der Waals surface area contributed by atoms with Gasteiger partial charge in [0.2, 0.25) is 0 Å². The quantitative estimate of drug-likeness (QED) is 0.618. The summed E-state index contributed by atoms with van der Waals surface area (Å²) >= 11 is 0. The third-order valence-corrected chi connectivity index (χ3v) is 3.13. The Kier molecular flexibility index (Phi) is 3.53. The van der Waals surface area contributed by atoms with Crippen LogP contribution in [0.25, 0.3) is 0 Å². The van der Waals surface area contributed by atoms with E-state index in [1.807, 2.05) is 0 Å². The topological polar surface area (TPSA) is 35.2 Å². The molecule has 0 aromatic rings. The molecule has 0 aromatic heterocycles. The first-order chi connectivity index (χ1) is 5.73. The molecule has 12 heavy (non-hydrogen) atoms. The molecule has 2 N–H and O–H groups in total. The standard InChI is InChI=1S/C10H21NO/c1-10(8-11,9-4-5-9)6-3-7-12-2/h9H,3-8,11H2,1-2H3. The zero-order valence-electron chi connectivity index (χ0n) is 8.31. The van der Waals surface area contributed by atoms with Gasteiger partial charge in [-0.1, -0.05) is 6.92 Å². The third kappa shape index (κ3) is 2.46. The number of ether oxygens (including phenoxy) is 1. The summed E-state index contributed by atoms with van der Waals surface area (Å²) < 4.78 is 5.04. The summed E-state index contributed by atoms with van der Waals surface area (Å²) in [5.74, 6) is 0.902. The van der Waals surface area contributed by atoms with Crippen molar-refractivity contribution >= 4 is 0 Å². The van der Waals surface area contributed by atoms with E-state index in [9.17, 15) is 0 Å². The molecule has 2 nitrogen and oxygen atoms in total. The first kappa shape index (κ1) is 10.0. The molecule has 1 unspecified atom stereocenters. The molecule has 1 aliphatic rings. The van der Waals surface area contributed by atoms with E-state index in [-0.39, 0.29) is 0 Å². The molecule has 0 saturated heterocycles. The predicted octanol–water partition coefficient (Wildman–Crippen LogP) is 1.79. The minimum Gasteiger partial charge on any atom is -0.385 e. The Morgan fingerprint density at radius 3 is 2.58 bits per heavy atom. The summed E-state index contributed by atoms with van der Waals surface area (Å²) in [6, 6.07) is 0. The van der Waals surface area contributed by atoms with E-state index in [0.29, 0.717) is 5.41 Å². The molecule has 0 aliphatic heterocycles. The third-order valence-electron chi connectivity index (χ3n) is 3.13. The summed E-state index contributed by atoms with van der Waals surface area (Å²) in [6.45, 7) is 4.03. The molecule has 0 amide bonds. The highest BCUT2D eigenvalue weighted by atomic mass is 16.5. The van der Waals surface area contributed by atoms with Crippen LogP contribution in [0.15, 0.2) is 0 Å². The summed E-state index contributed by atoms with van der Waals surface area (Å²) in [4.78, 5) is 0. The van der Waals surface area contributed by atoms with Crippen LogP contribution < -0.4 is 5.73 Å². The minimum atomic E-state index is 0.401. The Balaban J connectivity index is 2.23. The van der Waals surface area contributed by atoms with E-state index in [1.165, 1.54) is 19.3 Å². The van der Waals surface area contributed by atoms with Gasteiger partial charge in [-0.05, 0) is 43.6 Å². The normalized spacial score (nSPS) is 22.2. The second kappa shape index (κ2) is 4.24. The van der Waals surface area contributed by atoms with Gasteiger partial charge in [0.15, 0.2) is 0 Å². The van der Waals surface area contributed by atoms with E-state index in [1.54, 1.807) is 7.11 Å². The molecular formula is C10H21NO. The number of methoxy groups -OCH3 is 1. The second-order valence-corrected chi connectivity index (χ2v) is 4.23. The minimum absolute atomic E-state index is 0.401. The second-order valence-electron chi connectivity index (χ2n) is 4.23. The zero-order valence-corrected chi connectivity index (χ0v) is 8.31. The molecule has 1 saturated carbocycles. The van der Waals surface area contributed by atoms with Crippen molar-refractivity contribution in [2.24, 2.45) is 17.1 Å². The Labute approximate surface area is 75.5 Å². The number of hydrogen-bond donors (Lipinski definition) is 1. The Hall–Kier alpha value is -0.0800. The number of hydrogen-bond acceptors (Lipinski definition) is 2. The van der Waals surface area contributed by atoms with Crippen LogP contribution in [0.3, 0.4) is 0 Å². The highest BCUT2D eigenvalue weighted by Crippen LogP contribution is 2.47. The molecular weight excluding hydrogens is 150 g/mol. The number of rotatable bonds is 6. The molecule has 0 radical (unpaired) electrons. The van der Waals surface area contributed by atoms with Crippen molar-refractivity contribution in [2.75, 3.05) is 20.3 Å². The summed E-state index contributed by atoms with van der Waals surface area (Å²) in [7, 11) is 1.76. The van der Waals surface area contributed by atoms with Gasteiger partial charge in [0, 0.05) is 13.7 Å². The van der Waals surface area contributed by atoms with Gasteiger partial charge in [-0.3, -0.25) is 0 Å². The molecule has 1 atom stereocenters. The van der Waals surface area contributed by atoms with Crippen LogP contribution in [0.1, 0.15) is 32.6 Å². The Morgan fingerprint density at radius 2 is 2.17 bits per heavy atom. The van der Waals surface area contributed by atoms with Crippen molar-refractivity contribution in [3.8, 4) is 0 Å². The highest BCUT2D eigenvalue weighted by Gasteiger charge is 2.39. The van der Waals surface area contributed by atoms with Crippen molar-refractivity contribution in [2.45, 2.75) is 32.6 Å². The van der Waals surface area contributed by atoms with E-state index in [4.69, 9.17) is 10.5 Å². The van der Waals surface area contributed by atoms with Crippen LogP contribution in [0.5, 0.6) is 0 Å². The zero-order chi connectivity index (χ0) is 9.03. The van der Waals surface area contributed by atoms with Gasteiger partial charge in [0.05, 0.1) is 0 Å². The van der Waals surface area contributed by atoms with Crippen molar-refractivity contribution < 1.29 is 4.74 Å². The van der Waals surface area contributed by atoms with Gasteiger partial charge in [-0.25, -0.2) is 0 Å². The first-order valence-corrected chi connectivity index (χ1v) is 4.92. The van der Waals surface area contributed by atoms with E-state index in [0.717, 1.165) is 25.5 Å². The van der Waals surface area contributed by atoms with Crippen LogP contribution in [0.2, 0.25) is 0 Å². The lowest BCUT2D eigenvalue weighted by Gasteiger charge is -2.27. The fraction of sp³-hybridized carbons (Fsp3) is 1.00. The van der Waals surface area contributed by atoms with E-state index < -0.39 is 0 Å². The van der Waals surface area contributed by atoms with Gasteiger partial charge in [-0.2, -0.15) is 0 Å². The maximum atomic E-state index is 5.79. The van der Waals surface area contributed by atoms with Crippen LogP contribution in [0.4, 0.5) is 0 Å². The van der Waals surface area contributed by atoms with Gasteiger partial charge in [0.1, 0.15) is 0 Å². The molecule has 0 aromatic carbocycles. The lowest BCUT2D eigenvalue weighted by molar-refractivity contribution is 0.164. The molecule has 72 valence electrons. The summed E-state index contributed by atoms with van der Waals surface area (Å²) in [5.41, 5.74) is 6.19. The fourth-order valence-corrected chi connectivity index (χ4v) is 1.87. The molecule has 2 heteroatoms. The fourth-order valence-electron chi connectivity index (χ4n) is 1.87. The molecule has 0 heterocycles. The molecule has 1 rings (SSSR count). The smallest absolute Gasteiger partial charge is 0.0462 e. The lowest BCUT2D eigenvalue weighted by atomic mass is 9.80. The molecule has 0 spiro atoms. The summed E-state index contributed by atoms with van der Waals surface area (Å²) in [5, 5.41) is 0. The van der Waals surface area contributed by atoms with Gasteiger partial charge >= 0.3 is 0 Å². The monoisotopic (exact) mass is 171 g/mol. The molecule has 1 aliphatic carbocycles. The van der Waals surface area contributed by atoms with Crippen LogP contribution in [-0.2, 0) is 4.74 Å². The van der Waals surface area contributed by atoms with E-state index >= 15 is 0 Å². The maximum absolute atomic E-state index is 5.79. The average molecular weight is 171 g/mol. The van der Waals surface area contributed by atoms with Crippen LogP contribution in [0, 0.1) is 11.3 Å². The molecule has 0 bridgehead atoms. The van der Waals surface area contributed by atoms with Crippen molar-refractivity contribution in [3.63, 3.8) is 0 Å². The lowest BCUT2D eigenvalue weighted by Crippen LogP contribution is -2.29. The van der Waals surface area contributed by atoms with Gasteiger partial charge in [0.25, 0.3) is 0 Å². The van der Waals surface area contributed by atoms with Crippen LogP contribution >= 0.6 is 0 Å². The Morgan fingerprint density at radius 1 is 1.50 bits per heavy atom. The molecule has 1 fully saturated rings. The Bertz CT molecular complexity index is 134. The van der Waals surface area contributed by atoms with Gasteiger partial charge < -0.3 is 10.5 Å². The van der Waals surface area contributed by atoms with E-state index in [2.05, 4.69) is 6.92 Å². The number of nitrogens with two attached hydrogens (primary N) is 1. The average Bonchev–Trinajstić information content (AvgIpc) is 2.87. The SMILES string of the molecule is COCCCC(C)(CN)C1CC1.